The lowest BCUT2D eigenvalue weighted by Crippen LogP contribution is -2.17. The molecule has 7 nitrogen and oxygen atoms in total. The van der Waals surface area contributed by atoms with E-state index >= 15 is 0 Å². The summed E-state index contributed by atoms with van der Waals surface area (Å²) >= 11 is 0. The minimum absolute atomic E-state index is 0.00564. The van der Waals surface area contributed by atoms with E-state index in [1.807, 2.05) is 5.32 Å². The molecule has 0 saturated heterocycles. The van der Waals surface area contributed by atoms with Crippen molar-refractivity contribution in [1.29, 1.82) is 0 Å². The third-order valence-corrected chi connectivity index (χ3v) is 4.15. The fourth-order valence-electron chi connectivity index (χ4n) is 2.69. The van der Waals surface area contributed by atoms with E-state index in [0.717, 1.165) is 24.3 Å². The molecule has 1 aromatic heterocycles. The van der Waals surface area contributed by atoms with Crippen LogP contribution in [-0.2, 0) is 12.4 Å². The number of hydrogen-bond donors (Lipinski definition) is 1. The van der Waals surface area contributed by atoms with Crippen molar-refractivity contribution in [3.63, 3.8) is 0 Å². The number of nitro benzene ring substituents is 1. The predicted molar refractivity (Wildman–Crippen MR) is 94.5 cm³/mol. The highest BCUT2D eigenvalue weighted by atomic mass is 19.4. The summed E-state index contributed by atoms with van der Waals surface area (Å²) in [5.74, 6) is -4.62. The molecule has 0 aliphatic rings. The summed E-state index contributed by atoms with van der Waals surface area (Å²) in [6.07, 6.45) is -10.3. The van der Waals surface area contributed by atoms with Crippen molar-refractivity contribution in [3.05, 3.63) is 81.2 Å². The Morgan fingerprint density at radius 3 is 2.09 bits per heavy atom. The number of hydrogen-bond acceptors (Lipinski definition) is 4. The minimum atomic E-state index is -5.18. The van der Waals surface area contributed by atoms with E-state index in [-0.39, 0.29) is 16.4 Å². The maximum atomic E-state index is 14.1. The number of alkyl halides is 6. The van der Waals surface area contributed by atoms with E-state index in [0.29, 0.717) is 12.1 Å². The number of nitrogens with zero attached hydrogens (tertiary/aromatic N) is 3. The van der Waals surface area contributed by atoms with Crippen molar-refractivity contribution in [2.24, 2.45) is 0 Å². The van der Waals surface area contributed by atoms with Gasteiger partial charge in [-0.05, 0) is 30.3 Å². The Bertz CT molecular complexity index is 1230. The number of nitrogens with one attached hydrogen (secondary N) is 1. The zero-order valence-electron chi connectivity index (χ0n) is 15.6. The first-order valence-corrected chi connectivity index (χ1v) is 8.48. The average Bonchev–Trinajstić information content (AvgIpc) is 3.15. The van der Waals surface area contributed by atoms with E-state index in [1.54, 1.807) is 0 Å². The highest BCUT2D eigenvalue weighted by Gasteiger charge is 2.42. The van der Waals surface area contributed by atoms with Crippen molar-refractivity contribution in [2.75, 3.05) is 5.32 Å². The third kappa shape index (κ3) is 4.75. The molecule has 33 heavy (non-hydrogen) atoms. The summed E-state index contributed by atoms with van der Waals surface area (Å²) in [5.41, 5.74) is -6.66. The second-order valence-corrected chi connectivity index (χ2v) is 6.34. The first kappa shape index (κ1) is 23.6. The molecule has 1 amide bonds. The van der Waals surface area contributed by atoms with Crippen LogP contribution in [0.4, 0.5) is 46.5 Å². The molecule has 0 spiro atoms. The summed E-state index contributed by atoms with van der Waals surface area (Å²) in [6, 6.07) is 4.40. The van der Waals surface area contributed by atoms with Crippen LogP contribution >= 0.6 is 0 Å². The van der Waals surface area contributed by atoms with E-state index in [9.17, 15) is 50.0 Å². The van der Waals surface area contributed by atoms with Crippen LogP contribution in [0.25, 0.3) is 5.69 Å². The molecule has 3 rings (SSSR count). The number of benzene rings is 2. The Labute approximate surface area is 177 Å². The molecule has 1 N–H and O–H groups in total. The van der Waals surface area contributed by atoms with Crippen molar-refractivity contribution in [2.45, 2.75) is 12.4 Å². The molecule has 0 aliphatic carbocycles. The maximum absolute atomic E-state index is 14.1. The smallest absolute Gasteiger partial charge is 0.322 e. The summed E-state index contributed by atoms with van der Waals surface area (Å²) in [7, 11) is 0. The van der Waals surface area contributed by atoms with Gasteiger partial charge < -0.3 is 5.32 Å². The molecule has 0 unspecified atom stereocenters. The molecule has 0 aliphatic heterocycles. The van der Waals surface area contributed by atoms with Gasteiger partial charge in [-0.2, -0.15) is 35.8 Å². The average molecular weight is 480 g/mol. The zero-order valence-corrected chi connectivity index (χ0v) is 15.6. The predicted octanol–water partition coefficient (Wildman–Crippen LogP) is 5.35. The highest BCUT2D eigenvalue weighted by Crippen LogP contribution is 2.36. The van der Waals surface area contributed by atoms with Crippen LogP contribution in [-0.4, -0.2) is 20.6 Å². The molecule has 0 bridgehead atoms. The van der Waals surface area contributed by atoms with Gasteiger partial charge in [0.25, 0.3) is 5.91 Å². The Balaban J connectivity index is 1.93. The molecular weight excluding hydrogens is 472 g/mol. The van der Waals surface area contributed by atoms with Crippen LogP contribution in [0, 0.1) is 21.7 Å². The van der Waals surface area contributed by atoms with Crippen LogP contribution < -0.4 is 5.32 Å². The molecule has 0 fully saturated rings. The molecule has 0 atom stereocenters. The maximum Gasteiger partial charge on any atom is 0.435 e. The van der Waals surface area contributed by atoms with Gasteiger partial charge in [-0.15, -0.1) is 0 Å². The summed E-state index contributed by atoms with van der Waals surface area (Å²) in [6.45, 7) is 0. The number of aromatic nitrogens is 2. The molecule has 2 aromatic carbocycles. The molecular formula is C18H8F8N4O3. The molecule has 15 heteroatoms. The van der Waals surface area contributed by atoms with Crippen LogP contribution in [0.2, 0.25) is 0 Å². The first-order chi connectivity index (χ1) is 15.2. The Kier molecular flexibility index (Phi) is 5.83. The Morgan fingerprint density at radius 2 is 1.58 bits per heavy atom. The molecule has 0 saturated carbocycles. The Hall–Kier alpha value is -4.04. The van der Waals surface area contributed by atoms with Gasteiger partial charge in [0, 0.05) is 17.8 Å². The first-order valence-electron chi connectivity index (χ1n) is 8.48. The zero-order chi connectivity index (χ0) is 24.7. The van der Waals surface area contributed by atoms with E-state index in [2.05, 4.69) is 5.10 Å². The molecule has 1 heterocycles. The monoisotopic (exact) mass is 480 g/mol. The van der Waals surface area contributed by atoms with E-state index in [4.69, 9.17) is 0 Å². The second kappa shape index (κ2) is 8.14. The summed E-state index contributed by atoms with van der Waals surface area (Å²) < 4.78 is 106. The van der Waals surface area contributed by atoms with E-state index in [1.165, 1.54) is 0 Å². The van der Waals surface area contributed by atoms with Gasteiger partial charge in [0.2, 0.25) is 5.82 Å². The normalized spacial score (nSPS) is 12.0. The topological polar surface area (TPSA) is 90.1 Å². The molecule has 0 radical (unpaired) electrons. The fourth-order valence-corrected chi connectivity index (χ4v) is 2.69. The number of carbonyl (C=O) groups excluding carboxylic acids is 1. The van der Waals surface area contributed by atoms with Crippen molar-refractivity contribution >= 4 is 17.3 Å². The number of amides is 1. The number of nitro groups is 1. The molecule has 174 valence electrons. The second-order valence-electron chi connectivity index (χ2n) is 6.34. The molecule has 3 aromatic rings. The van der Waals surface area contributed by atoms with Crippen molar-refractivity contribution in [3.8, 4) is 5.69 Å². The van der Waals surface area contributed by atoms with Gasteiger partial charge in [-0.25, -0.2) is 9.07 Å². The van der Waals surface area contributed by atoms with E-state index < -0.39 is 63.1 Å². The van der Waals surface area contributed by atoms with Gasteiger partial charge in [0.05, 0.1) is 10.6 Å². The van der Waals surface area contributed by atoms with Gasteiger partial charge in [0.1, 0.15) is 17.1 Å². The number of anilines is 1. The van der Waals surface area contributed by atoms with Crippen LogP contribution in [0.3, 0.4) is 0 Å². The third-order valence-electron chi connectivity index (χ3n) is 4.15. The van der Waals surface area contributed by atoms with Crippen molar-refractivity contribution in [1.82, 2.24) is 9.78 Å². The SMILES string of the molecule is O=C(Nc1ccc(-n2nc(C(F)(F)F)cc2C(F)(F)F)cc1)c1c(F)ccc([N+](=O)[O-])c1F. The van der Waals surface area contributed by atoms with Gasteiger partial charge >= 0.3 is 18.0 Å². The highest BCUT2D eigenvalue weighted by molar-refractivity contribution is 6.05. The van der Waals surface area contributed by atoms with Gasteiger partial charge in [-0.3, -0.25) is 14.9 Å². The number of carbonyl (C=O) groups is 1. The van der Waals surface area contributed by atoms with Crippen molar-refractivity contribution < 1.29 is 44.8 Å². The van der Waals surface area contributed by atoms with Gasteiger partial charge in [-0.1, -0.05) is 0 Å². The standard InChI is InChI=1S/C18H8F8N4O3/c19-10-5-6-11(30(32)33)15(20)14(10)16(31)27-8-1-3-9(4-2-8)29-13(18(24,25)26)7-12(28-29)17(21,22)23/h1-7H,(H,27,31). The number of rotatable bonds is 4. The lowest BCUT2D eigenvalue weighted by atomic mass is 10.1. The number of halogens is 8. The summed E-state index contributed by atoms with van der Waals surface area (Å²) in [4.78, 5) is 21.7. The summed E-state index contributed by atoms with van der Waals surface area (Å²) in [5, 5.41) is 15.7. The largest absolute Gasteiger partial charge is 0.435 e. The Morgan fingerprint density at radius 1 is 0.970 bits per heavy atom. The fraction of sp³-hybridized carbons (Fsp3) is 0.111. The van der Waals surface area contributed by atoms with Crippen LogP contribution in [0.1, 0.15) is 21.7 Å². The lowest BCUT2D eigenvalue weighted by molar-refractivity contribution is -0.387. The van der Waals surface area contributed by atoms with Crippen LogP contribution in [0.5, 0.6) is 0 Å². The minimum Gasteiger partial charge on any atom is -0.322 e. The lowest BCUT2D eigenvalue weighted by Gasteiger charge is -2.11. The quantitative estimate of drug-likeness (QED) is 0.310. The van der Waals surface area contributed by atoms with Gasteiger partial charge in [0.15, 0.2) is 5.69 Å². The van der Waals surface area contributed by atoms with Crippen LogP contribution in [0.15, 0.2) is 42.5 Å².